The SMILES string of the molecule is CC1(N2Cc3cc(N4CCN(CC5CCN(c6ccc(/C=C(\CCc7ccc(O)cc7)c7ccccc7)cc6)CC5)CC4)ccc3C2=O)CCC(=O)NC1=O. The van der Waals surface area contributed by atoms with Gasteiger partial charge in [0.2, 0.25) is 5.91 Å². The number of rotatable bonds is 10. The summed E-state index contributed by atoms with van der Waals surface area (Å²) in [5.41, 5.74) is 7.98. The highest BCUT2D eigenvalue weighted by atomic mass is 16.3. The number of fused-ring (bicyclic) bond motifs is 1. The van der Waals surface area contributed by atoms with E-state index >= 15 is 0 Å². The van der Waals surface area contributed by atoms with Crippen LogP contribution in [-0.2, 0) is 22.6 Å². The second kappa shape index (κ2) is 15.7. The molecule has 1 atom stereocenters. The molecule has 0 aromatic heterocycles. The highest BCUT2D eigenvalue weighted by Crippen LogP contribution is 2.36. The zero-order valence-corrected chi connectivity index (χ0v) is 31.8. The van der Waals surface area contributed by atoms with Gasteiger partial charge in [-0.05, 0) is 115 Å². The van der Waals surface area contributed by atoms with E-state index in [2.05, 4.69) is 86.8 Å². The minimum atomic E-state index is -1.02. The summed E-state index contributed by atoms with van der Waals surface area (Å²) in [6.07, 6.45) is 7.12. The molecule has 1 unspecified atom stereocenters. The predicted molar refractivity (Wildman–Crippen MR) is 218 cm³/mol. The van der Waals surface area contributed by atoms with Crippen molar-refractivity contribution in [2.75, 3.05) is 55.6 Å². The third kappa shape index (κ3) is 8.03. The summed E-state index contributed by atoms with van der Waals surface area (Å²) in [5, 5.41) is 12.1. The van der Waals surface area contributed by atoms with E-state index in [0.717, 1.165) is 69.9 Å². The molecule has 0 saturated carbocycles. The van der Waals surface area contributed by atoms with Crippen LogP contribution < -0.4 is 15.1 Å². The summed E-state index contributed by atoms with van der Waals surface area (Å²) in [6.45, 7) is 9.36. The Morgan fingerprint density at radius 1 is 0.818 bits per heavy atom. The van der Waals surface area contributed by atoms with Crippen molar-refractivity contribution >= 4 is 40.7 Å². The van der Waals surface area contributed by atoms with Crippen LogP contribution in [0.15, 0.2) is 97.1 Å². The number of anilines is 2. The standard InChI is InChI=1S/C46H51N5O4/c1-46(22-19-43(53)47-45(46)55)51-32-38-30-40(15-18-42(38)44(51)54)50-27-25-48(26-28-50)31-35-20-23-49(24-21-35)39-13-8-34(9-14-39)29-37(36-5-3-2-4-6-36)12-7-33-10-16-41(52)17-11-33/h2-6,8-11,13-18,29-30,35,52H,7,12,19-28,31-32H2,1H3,(H,47,53,55)/b37-29+. The number of aromatic hydroxyl groups is 1. The molecule has 0 bridgehead atoms. The monoisotopic (exact) mass is 737 g/mol. The largest absolute Gasteiger partial charge is 0.508 e. The Bertz CT molecular complexity index is 2050. The number of hydrogen-bond acceptors (Lipinski definition) is 7. The number of phenols is 1. The molecule has 3 saturated heterocycles. The number of piperidine rings is 2. The first-order chi connectivity index (χ1) is 26.7. The van der Waals surface area contributed by atoms with Gasteiger partial charge in [-0.25, -0.2) is 0 Å². The van der Waals surface area contributed by atoms with Crippen molar-refractivity contribution in [1.82, 2.24) is 15.1 Å². The third-order valence-corrected chi connectivity index (χ3v) is 12.3. The van der Waals surface area contributed by atoms with Crippen molar-refractivity contribution in [3.05, 3.63) is 125 Å². The molecule has 284 valence electrons. The summed E-state index contributed by atoms with van der Waals surface area (Å²) in [6, 6.07) is 33.3. The van der Waals surface area contributed by atoms with Crippen molar-refractivity contribution in [3.63, 3.8) is 0 Å². The van der Waals surface area contributed by atoms with E-state index < -0.39 is 5.54 Å². The fourth-order valence-corrected chi connectivity index (χ4v) is 8.76. The fourth-order valence-electron chi connectivity index (χ4n) is 8.76. The predicted octanol–water partition coefficient (Wildman–Crippen LogP) is 6.76. The molecule has 55 heavy (non-hydrogen) atoms. The van der Waals surface area contributed by atoms with E-state index in [4.69, 9.17) is 0 Å². The molecule has 4 heterocycles. The average Bonchev–Trinajstić information content (AvgIpc) is 3.55. The number of hydrogen-bond donors (Lipinski definition) is 2. The maximum atomic E-state index is 13.3. The highest BCUT2D eigenvalue weighted by Gasteiger charge is 2.48. The number of aryl methyl sites for hydroxylation is 1. The number of allylic oxidation sites excluding steroid dienone is 1. The molecule has 4 aromatic rings. The zero-order chi connectivity index (χ0) is 37.9. The second-order valence-corrected chi connectivity index (χ2v) is 15.9. The van der Waals surface area contributed by atoms with Crippen LogP contribution in [0.25, 0.3) is 11.6 Å². The molecule has 4 aliphatic rings. The van der Waals surface area contributed by atoms with E-state index in [1.54, 1.807) is 24.0 Å². The molecular formula is C46H51N5O4. The average molecular weight is 738 g/mol. The number of imide groups is 1. The van der Waals surface area contributed by atoms with E-state index in [1.165, 1.54) is 40.8 Å². The number of carbonyl (C=O) groups excluding carboxylic acids is 3. The fraction of sp³-hybridized carbons (Fsp3) is 0.370. The Kier molecular flexibility index (Phi) is 10.5. The lowest BCUT2D eigenvalue weighted by Crippen LogP contribution is -2.61. The Balaban J connectivity index is 0.814. The van der Waals surface area contributed by atoms with Crippen molar-refractivity contribution in [1.29, 1.82) is 0 Å². The van der Waals surface area contributed by atoms with Gasteiger partial charge in [0.15, 0.2) is 0 Å². The Hall–Kier alpha value is -5.41. The van der Waals surface area contributed by atoms with E-state index in [0.29, 0.717) is 30.2 Å². The van der Waals surface area contributed by atoms with E-state index in [1.807, 2.05) is 24.3 Å². The van der Waals surface area contributed by atoms with Gasteiger partial charge < -0.3 is 19.8 Å². The van der Waals surface area contributed by atoms with Gasteiger partial charge in [-0.15, -0.1) is 0 Å². The molecule has 0 aliphatic carbocycles. The van der Waals surface area contributed by atoms with Gasteiger partial charge in [-0.2, -0.15) is 0 Å². The molecule has 4 aliphatic heterocycles. The molecule has 4 aromatic carbocycles. The summed E-state index contributed by atoms with van der Waals surface area (Å²) in [5.74, 6) is 0.196. The van der Waals surface area contributed by atoms with Gasteiger partial charge in [-0.3, -0.25) is 24.6 Å². The maximum Gasteiger partial charge on any atom is 0.255 e. The van der Waals surface area contributed by atoms with Gasteiger partial charge >= 0.3 is 0 Å². The van der Waals surface area contributed by atoms with Gasteiger partial charge in [0.05, 0.1) is 0 Å². The minimum Gasteiger partial charge on any atom is -0.508 e. The number of phenolic OH excluding ortho intramolecular Hbond substituents is 1. The minimum absolute atomic E-state index is 0.134. The summed E-state index contributed by atoms with van der Waals surface area (Å²) >= 11 is 0. The van der Waals surface area contributed by atoms with Crippen LogP contribution in [0, 0.1) is 5.92 Å². The molecule has 0 radical (unpaired) electrons. The Labute approximate surface area is 324 Å². The number of carbonyl (C=O) groups is 3. The number of nitrogens with zero attached hydrogens (tertiary/aromatic N) is 4. The zero-order valence-electron chi connectivity index (χ0n) is 31.8. The van der Waals surface area contributed by atoms with Crippen LogP contribution in [0.3, 0.4) is 0 Å². The lowest BCUT2D eigenvalue weighted by atomic mass is 9.89. The molecule has 3 fully saturated rings. The Morgan fingerprint density at radius 2 is 1.51 bits per heavy atom. The molecule has 3 amide bonds. The van der Waals surface area contributed by atoms with Crippen molar-refractivity contribution in [2.24, 2.45) is 5.92 Å². The number of amides is 3. The first-order valence-electron chi connectivity index (χ1n) is 19.9. The first kappa shape index (κ1) is 36.6. The van der Waals surface area contributed by atoms with Crippen LogP contribution in [0.2, 0.25) is 0 Å². The lowest BCUT2D eigenvalue weighted by molar-refractivity contribution is -0.142. The third-order valence-electron chi connectivity index (χ3n) is 12.3. The van der Waals surface area contributed by atoms with Crippen LogP contribution in [0.4, 0.5) is 11.4 Å². The first-order valence-corrected chi connectivity index (χ1v) is 19.9. The van der Waals surface area contributed by atoms with E-state index in [-0.39, 0.29) is 24.1 Å². The molecular weight excluding hydrogens is 687 g/mol. The number of piperazine rings is 1. The van der Waals surface area contributed by atoms with Crippen molar-refractivity contribution < 1.29 is 19.5 Å². The molecule has 9 nitrogen and oxygen atoms in total. The van der Waals surface area contributed by atoms with Crippen molar-refractivity contribution in [2.45, 2.75) is 57.5 Å². The topological polar surface area (TPSA) is 96.4 Å². The van der Waals surface area contributed by atoms with Crippen LogP contribution in [-0.4, -0.2) is 84.0 Å². The van der Waals surface area contributed by atoms with Crippen LogP contribution in [0.5, 0.6) is 5.75 Å². The smallest absolute Gasteiger partial charge is 0.255 e. The van der Waals surface area contributed by atoms with Gasteiger partial charge in [-0.1, -0.05) is 60.7 Å². The summed E-state index contributed by atoms with van der Waals surface area (Å²) in [7, 11) is 0. The van der Waals surface area contributed by atoms with Gasteiger partial charge in [0, 0.05) is 75.7 Å². The molecule has 0 spiro atoms. The van der Waals surface area contributed by atoms with Crippen LogP contribution in [0.1, 0.15) is 71.6 Å². The van der Waals surface area contributed by atoms with E-state index in [9.17, 15) is 19.5 Å². The Morgan fingerprint density at radius 3 is 2.22 bits per heavy atom. The molecule has 9 heteroatoms. The summed E-state index contributed by atoms with van der Waals surface area (Å²) < 4.78 is 0. The molecule has 2 N–H and O–H groups in total. The quantitative estimate of drug-likeness (QED) is 0.137. The molecule has 8 rings (SSSR count). The van der Waals surface area contributed by atoms with Crippen LogP contribution >= 0.6 is 0 Å². The number of nitrogens with one attached hydrogen (secondary N) is 1. The van der Waals surface area contributed by atoms with Gasteiger partial charge in [0.1, 0.15) is 11.3 Å². The second-order valence-electron chi connectivity index (χ2n) is 15.9. The van der Waals surface area contributed by atoms with Crippen molar-refractivity contribution in [3.8, 4) is 5.75 Å². The van der Waals surface area contributed by atoms with Gasteiger partial charge in [0.25, 0.3) is 11.8 Å². The maximum absolute atomic E-state index is 13.3. The lowest BCUT2D eigenvalue weighted by Gasteiger charge is -2.40. The highest BCUT2D eigenvalue weighted by molar-refractivity contribution is 6.07. The normalized spacial score (nSPS) is 21.2. The summed E-state index contributed by atoms with van der Waals surface area (Å²) in [4.78, 5) is 47.1. The number of benzene rings is 4.